The monoisotopic (exact) mass is 224 g/mol. The van der Waals surface area contributed by atoms with E-state index >= 15 is 0 Å². The van der Waals surface area contributed by atoms with E-state index < -0.39 is 5.60 Å². The smallest absolute Gasteiger partial charge is 0.0917 e. The Labute approximate surface area is 96.3 Å². The van der Waals surface area contributed by atoms with Crippen molar-refractivity contribution in [1.29, 1.82) is 0 Å². The molecule has 1 aromatic rings. The Kier molecular flexibility index (Phi) is 4.09. The van der Waals surface area contributed by atoms with Crippen LogP contribution in [0.1, 0.15) is 6.92 Å². The van der Waals surface area contributed by atoms with Crippen LogP contribution in [0, 0.1) is 0 Å². The number of hydrogen-bond donors (Lipinski definition) is 3. The van der Waals surface area contributed by atoms with E-state index in [0.29, 0.717) is 18.8 Å². The molecule has 1 heterocycles. The van der Waals surface area contributed by atoms with E-state index in [1.165, 1.54) is 0 Å². The molecule has 0 aliphatic carbocycles. The third-order valence-corrected chi connectivity index (χ3v) is 2.09. The Bertz CT molecular complexity index is 339. The maximum absolute atomic E-state index is 10.1. The highest BCUT2D eigenvalue weighted by Crippen LogP contribution is 2.12. The van der Waals surface area contributed by atoms with Gasteiger partial charge in [0, 0.05) is 19.3 Å². The van der Waals surface area contributed by atoms with Crippen molar-refractivity contribution in [1.82, 2.24) is 9.88 Å². The number of aromatic nitrogens is 1. The van der Waals surface area contributed by atoms with Crippen LogP contribution in [0.25, 0.3) is 0 Å². The average Bonchev–Trinajstić information content (AvgIpc) is 2.13. The van der Waals surface area contributed by atoms with Crippen LogP contribution in [-0.4, -0.2) is 47.8 Å². The molecule has 0 aliphatic rings. The first kappa shape index (κ1) is 12.7. The van der Waals surface area contributed by atoms with Crippen molar-refractivity contribution in [2.45, 2.75) is 12.5 Å². The number of rotatable bonds is 5. The zero-order valence-electron chi connectivity index (χ0n) is 10.1. The van der Waals surface area contributed by atoms with Gasteiger partial charge in [0.2, 0.25) is 0 Å². The van der Waals surface area contributed by atoms with Gasteiger partial charge in [0.25, 0.3) is 0 Å². The minimum absolute atomic E-state index is 0.455. The number of nitrogens with one attached hydrogen (secondary N) is 1. The summed E-state index contributed by atoms with van der Waals surface area (Å²) in [5, 5.41) is 13.2. The van der Waals surface area contributed by atoms with E-state index in [9.17, 15) is 5.11 Å². The average molecular weight is 224 g/mol. The van der Waals surface area contributed by atoms with Crippen molar-refractivity contribution in [3.05, 3.63) is 18.5 Å². The lowest BCUT2D eigenvalue weighted by molar-refractivity contribution is 0.0460. The second kappa shape index (κ2) is 5.14. The number of aliphatic hydroxyl groups is 1. The van der Waals surface area contributed by atoms with Gasteiger partial charge in [-0.15, -0.1) is 0 Å². The van der Waals surface area contributed by atoms with Gasteiger partial charge < -0.3 is 21.1 Å². The quantitative estimate of drug-likeness (QED) is 0.674. The fourth-order valence-corrected chi connectivity index (χ4v) is 1.58. The molecule has 1 unspecified atom stereocenters. The third-order valence-electron chi connectivity index (χ3n) is 2.09. The molecule has 0 amide bonds. The second-order valence-corrected chi connectivity index (χ2v) is 4.60. The summed E-state index contributed by atoms with van der Waals surface area (Å²) in [6.07, 6.45) is 3.27. The van der Waals surface area contributed by atoms with Gasteiger partial charge in [-0.2, -0.15) is 0 Å². The number of hydrogen-bond acceptors (Lipinski definition) is 5. The fourth-order valence-electron chi connectivity index (χ4n) is 1.58. The van der Waals surface area contributed by atoms with Crippen LogP contribution in [0.15, 0.2) is 18.5 Å². The topological polar surface area (TPSA) is 74.4 Å². The van der Waals surface area contributed by atoms with Crippen LogP contribution in [0.2, 0.25) is 0 Å². The highest BCUT2D eigenvalue weighted by Gasteiger charge is 2.20. The summed E-state index contributed by atoms with van der Waals surface area (Å²) in [5.41, 5.74) is 6.25. The summed E-state index contributed by atoms with van der Waals surface area (Å²) in [6.45, 7) is 2.84. The molecule has 1 rings (SSSR count). The number of nitrogens with zero attached hydrogens (tertiary/aromatic N) is 2. The van der Waals surface area contributed by atoms with Crippen LogP contribution in [-0.2, 0) is 0 Å². The van der Waals surface area contributed by atoms with E-state index in [-0.39, 0.29) is 0 Å². The maximum Gasteiger partial charge on any atom is 0.0917 e. The third kappa shape index (κ3) is 4.46. The molecule has 0 saturated heterocycles. The van der Waals surface area contributed by atoms with Crippen molar-refractivity contribution in [3.8, 4) is 0 Å². The Morgan fingerprint density at radius 2 is 2.19 bits per heavy atom. The second-order valence-electron chi connectivity index (χ2n) is 4.60. The number of pyridine rings is 1. The molecular formula is C11H20N4O. The summed E-state index contributed by atoms with van der Waals surface area (Å²) in [5.74, 6) is 0. The van der Waals surface area contributed by atoms with Crippen LogP contribution >= 0.6 is 0 Å². The normalized spacial score (nSPS) is 14.8. The van der Waals surface area contributed by atoms with Crippen molar-refractivity contribution < 1.29 is 5.11 Å². The molecule has 5 nitrogen and oxygen atoms in total. The van der Waals surface area contributed by atoms with Crippen molar-refractivity contribution in [3.63, 3.8) is 0 Å². The van der Waals surface area contributed by atoms with Crippen LogP contribution < -0.4 is 11.1 Å². The van der Waals surface area contributed by atoms with E-state index in [1.54, 1.807) is 25.4 Å². The van der Waals surface area contributed by atoms with Crippen LogP contribution in [0.3, 0.4) is 0 Å². The molecule has 0 aliphatic heterocycles. The maximum atomic E-state index is 10.1. The number of likely N-dealkylation sites (N-methyl/N-ethyl adjacent to an activating group) is 1. The minimum Gasteiger partial charge on any atom is -0.397 e. The predicted molar refractivity (Wildman–Crippen MR) is 66.3 cm³/mol. The molecule has 0 bridgehead atoms. The lowest BCUT2D eigenvalue weighted by atomic mass is 10.1. The number of nitrogen functional groups attached to an aromatic ring is 1. The molecule has 1 aromatic heterocycles. The lowest BCUT2D eigenvalue weighted by Gasteiger charge is -2.27. The SMILES string of the molecule is CN(C)CC(C)(O)CNc1cncc(N)c1. The molecule has 5 heteroatoms. The van der Waals surface area contributed by atoms with Gasteiger partial charge in [0.1, 0.15) is 0 Å². The minimum atomic E-state index is -0.784. The summed E-state index contributed by atoms with van der Waals surface area (Å²) in [7, 11) is 3.85. The first-order valence-corrected chi connectivity index (χ1v) is 5.20. The molecule has 1 atom stereocenters. The molecular weight excluding hydrogens is 204 g/mol. The summed E-state index contributed by atoms with van der Waals surface area (Å²) < 4.78 is 0. The molecule has 4 N–H and O–H groups in total. The lowest BCUT2D eigenvalue weighted by Crippen LogP contribution is -2.43. The van der Waals surface area contributed by atoms with Gasteiger partial charge in [-0.1, -0.05) is 0 Å². The zero-order valence-corrected chi connectivity index (χ0v) is 10.1. The standard InChI is InChI=1S/C11H20N4O/c1-11(16,8-15(2)3)7-14-10-4-9(12)5-13-6-10/h4-6,14,16H,7-8,12H2,1-3H3. The number of nitrogens with two attached hydrogens (primary N) is 1. The highest BCUT2D eigenvalue weighted by atomic mass is 16.3. The van der Waals surface area contributed by atoms with Crippen LogP contribution in [0.4, 0.5) is 11.4 Å². The molecule has 0 saturated carbocycles. The van der Waals surface area contributed by atoms with Crippen LogP contribution in [0.5, 0.6) is 0 Å². The van der Waals surface area contributed by atoms with Gasteiger partial charge in [-0.05, 0) is 27.1 Å². The van der Waals surface area contributed by atoms with Gasteiger partial charge in [0.05, 0.1) is 23.2 Å². The summed E-state index contributed by atoms with van der Waals surface area (Å²) in [4.78, 5) is 5.91. The van der Waals surface area contributed by atoms with E-state index in [1.807, 2.05) is 19.0 Å². The fraction of sp³-hybridized carbons (Fsp3) is 0.545. The van der Waals surface area contributed by atoms with E-state index in [2.05, 4.69) is 10.3 Å². The largest absolute Gasteiger partial charge is 0.397 e. The van der Waals surface area contributed by atoms with Gasteiger partial charge in [-0.25, -0.2) is 0 Å². The first-order chi connectivity index (χ1) is 7.39. The highest BCUT2D eigenvalue weighted by molar-refractivity contribution is 5.51. The van der Waals surface area contributed by atoms with E-state index in [4.69, 9.17) is 5.73 Å². The van der Waals surface area contributed by atoms with Gasteiger partial charge >= 0.3 is 0 Å². The molecule has 90 valence electrons. The Morgan fingerprint density at radius 1 is 1.50 bits per heavy atom. The Hall–Kier alpha value is -1.33. The van der Waals surface area contributed by atoms with Gasteiger partial charge in [0.15, 0.2) is 0 Å². The molecule has 0 aromatic carbocycles. The summed E-state index contributed by atoms with van der Waals surface area (Å²) >= 11 is 0. The van der Waals surface area contributed by atoms with Gasteiger partial charge in [-0.3, -0.25) is 4.98 Å². The Morgan fingerprint density at radius 3 is 2.75 bits per heavy atom. The van der Waals surface area contributed by atoms with Crippen molar-refractivity contribution in [2.24, 2.45) is 0 Å². The molecule has 16 heavy (non-hydrogen) atoms. The first-order valence-electron chi connectivity index (χ1n) is 5.20. The molecule has 0 fully saturated rings. The Balaban J connectivity index is 2.50. The number of anilines is 2. The molecule has 0 radical (unpaired) electrons. The predicted octanol–water partition coefficient (Wildman–Crippen LogP) is 0.388. The van der Waals surface area contributed by atoms with Crippen molar-refractivity contribution in [2.75, 3.05) is 38.2 Å². The zero-order chi connectivity index (χ0) is 12.2. The van der Waals surface area contributed by atoms with E-state index in [0.717, 1.165) is 5.69 Å². The van der Waals surface area contributed by atoms with Crippen molar-refractivity contribution >= 4 is 11.4 Å². The molecule has 0 spiro atoms. The summed E-state index contributed by atoms with van der Waals surface area (Å²) in [6, 6.07) is 1.79.